The van der Waals surface area contributed by atoms with E-state index in [1.54, 1.807) is 19.2 Å². The summed E-state index contributed by atoms with van der Waals surface area (Å²) in [5.74, 6) is -0.480. The highest BCUT2D eigenvalue weighted by Crippen LogP contribution is 2.25. The van der Waals surface area contributed by atoms with Gasteiger partial charge in [0.25, 0.3) is 0 Å². The number of hydrogen-bond acceptors (Lipinski definition) is 3. The van der Waals surface area contributed by atoms with E-state index in [9.17, 15) is 8.78 Å². The predicted molar refractivity (Wildman–Crippen MR) is 76.4 cm³/mol. The van der Waals surface area contributed by atoms with E-state index in [1.165, 1.54) is 12.1 Å². The van der Waals surface area contributed by atoms with E-state index in [-0.39, 0.29) is 12.2 Å². The number of methoxy groups -OCH3 is 1. The molecule has 0 atom stereocenters. The molecule has 0 saturated carbocycles. The minimum absolute atomic E-state index is 0.0481. The Kier molecular flexibility index (Phi) is 5.11. The van der Waals surface area contributed by atoms with Crippen molar-refractivity contribution in [2.45, 2.75) is 13.0 Å². The Morgan fingerprint density at radius 3 is 2.62 bits per heavy atom. The Hall–Kier alpha value is -2.14. The van der Waals surface area contributed by atoms with Crippen molar-refractivity contribution in [2.24, 2.45) is 5.73 Å². The lowest BCUT2D eigenvalue weighted by molar-refractivity contribution is 0.293. The zero-order valence-electron chi connectivity index (χ0n) is 11.7. The maximum absolute atomic E-state index is 13.6. The topological polar surface area (TPSA) is 44.5 Å². The Labute approximate surface area is 122 Å². The van der Waals surface area contributed by atoms with Crippen LogP contribution >= 0.6 is 0 Å². The first-order valence-corrected chi connectivity index (χ1v) is 6.58. The van der Waals surface area contributed by atoms with Gasteiger partial charge in [0, 0.05) is 5.56 Å². The third-order valence-electron chi connectivity index (χ3n) is 3.10. The minimum atomic E-state index is -0.883. The summed E-state index contributed by atoms with van der Waals surface area (Å²) < 4.78 is 37.5. The molecule has 112 valence electrons. The number of hydrogen-bond donors (Lipinski definition) is 1. The lowest BCUT2D eigenvalue weighted by Gasteiger charge is -2.13. The smallest absolute Gasteiger partial charge is 0.165 e. The molecule has 2 aromatic carbocycles. The van der Waals surface area contributed by atoms with Crippen molar-refractivity contribution in [3.05, 3.63) is 59.2 Å². The van der Waals surface area contributed by atoms with Gasteiger partial charge in [-0.05, 0) is 42.8 Å². The molecule has 0 aliphatic heterocycles. The van der Waals surface area contributed by atoms with Gasteiger partial charge in [0.15, 0.2) is 11.6 Å². The Bertz CT molecular complexity index is 617. The van der Waals surface area contributed by atoms with Gasteiger partial charge < -0.3 is 15.2 Å². The van der Waals surface area contributed by atoms with Crippen LogP contribution in [0.3, 0.4) is 0 Å². The fourth-order valence-corrected chi connectivity index (χ4v) is 1.99. The molecule has 2 rings (SSSR count). The highest BCUT2D eigenvalue weighted by atomic mass is 19.2. The van der Waals surface area contributed by atoms with E-state index in [2.05, 4.69) is 0 Å². The molecule has 0 unspecified atom stereocenters. The molecule has 0 heterocycles. The first-order chi connectivity index (χ1) is 10.2. The number of nitrogens with two attached hydrogens (primary N) is 1. The second-order valence-corrected chi connectivity index (χ2v) is 4.51. The van der Waals surface area contributed by atoms with Gasteiger partial charge in [-0.2, -0.15) is 0 Å². The molecule has 0 bridgehead atoms. The molecular formula is C16H17F2NO2. The zero-order chi connectivity index (χ0) is 15.2. The fraction of sp³-hybridized carbons (Fsp3) is 0.250. The van der Waals surface area contributed by atoms with Crippen LogP contribution in [0.2, 0.25) is 0 Å². The van der Waals surface area contributed by atoms with Crippen molar-refractivity contribution < 1.29 is 18.3 Å². The maximum atomic E-state index is 13.6. The van der Waals surface area contributed by atoms with Gasteiger partial charge in [-0.3, -0.25) is 0 Å². The van der Waals surface area contributed by atoms with E-state index in [1.807, 2.05) is 6.07 Å². The molecule has 0 fully saturated rings. The van der Waals surface area contributed by atoms with Crippen molar-refractivity contribution in [3.63, 3.8) is 0 Å². The zero-order valence-corrected chi connectivity index (χ0v) is 11.7. The van der Waals surface area contributed by atoms with E-state index in [0.29, 0.717) is 24.5 Å². The summed E-state index contributed by atoms with van der Waals surface area (Å²) in [6.45, 7) is 0.408. The van der Waals surface area contributed by atoms with Crippen LogP contribution in [0, 0.1) is 11.6 Å². The molecule has 0 aliphatic rings. The van der Waals surface area contributed by atoms with Crippen LogP contribution in [0.1, 0.15) is 11.1 Å². The third-order valence-corrected chi connectivity index (χ3v) is 3.10. The van der Waals surface area contributed by atoms with E-state index in [4.69, 9.17) is 15.2 Å². The number of rotatable bonds is 6. The summed E-state index contributed by atoms with van der Waals surface area (Å²) >= 11 is 0. The predicted octanol–water partition coefficient (Wildman–Crippen LogP) is 3.05. The van der Waals surface area contributed by atoms with Crippen molar-refractivity contribution in [1.29, 1.82) is 0 Å². The average Bonchev–Trinajstić information content (AvgIpc) is 2.50. The molecule has 0 radical (unpaired) electrons. The van der Waals surface area contributed by atoms with Gasteiger partial charge >= 0.3 is 0 Å². The first kappa shape index (κ1) is 15.3. The lowest BCUT2D eigenvalue weighted by atomic mass is 10.1. The summed E-state index contributed by atoms with van der Waals surface area (Å²) in [5, 5.41) is 0. The molecule has 0 spiro atoms. The highest BCUT2D eigenvalue weighted by molar-refractivity contribution is 5.40. The Balaban J connectivity index is 2.17. The summed E-state index contributed by atoms with van der Waals surface area (Å²) in [5.41, 5.74) is 6.61. The van der Waals surface area contributed by atoms with E-state index < -0.39 is 11.6 Å². The number of halogens is 2. The molecule has 0 aliphatic carbocycles. The minimum Gasteiger partial charge on any atom is -0.497 e. The third kappa shape index (κ3) is 3.70. The van der Waals surface area contributed by atoms with Crippen molar-refractivity contribution in [1.82, 2.24) is 0 Å². The summed E-state index contributed by atoms with van der Waals surface area (Å²) in [6, 6.07) is 9.32. The number of benzene rings is 2. The number of ether oxygens (including phenoxy) is 2. The molecule has 0 amide bonds. The van der Waals surface area contributed by atoms with Crippen LogP contribution in [0.4, 0.5) is 8.78 Å². The molecule has 21 heavy (non-hydrogen) atoms. The van der Waals surface area contributed by atoms with E-state index in [0.717, 1.165) is 11.6 Å². The molecule has 2 aromatic rings. The molecule has 2 N–H and O–H groups in total. The van der Waals surface area contributed by atoms with Gasteiger partial charge in [-0.15, -0.1) is 0 Å². The van der Waals surface area contributed by atoms with Crippen LogP contribution < -0.4 is 15.2 Å². The van der Waals surface area contributed by atoms with Crippen LogP contribution in [0.25, 0.3) is 0 Å². The van der Waals surface area contributed by atoms with Gasteiger partial charge in [0.05, 0.1) is 7.11 Å². The largest absolute Gasteiger partial charge is 0.497 e. The van der Waals surface area contributed by atoms with Crippen LogP contribution in [0.15, 0.2) is 36.4 Å². The summed E-state index contributed by atoms with van der Waals surface area (Å²) in [7, 11) is 1.57. The van der Waals surface area contributed by atoms with Crippen LogP contribution in [-0.2, 0) is 13.0 Å². The SMILES string of the molecule is COc1ccc(OCc2cccc(F)c2F)c(CCN)c1. The molecule has 5 heteroatoms. The van der Waals surface area contributed by atoms with E-state index >= 15 is 0 Å². The van der Waals surface area contributed by atoms with Gasteiger partial charge in [0.2, 0.25) is 0 Å². The van der Waals surface area contributed by atoms with Crippen LogP contribution in [-0.4, -0.2) is 13.7 Å². The van der Waals surface area contributed by atoms with Crippen molar-refractivity contribution >= 4 is 0 Å². The quantitative estimate of drug-likeness (QED) is 0.890. The first-order valence-electron chi connectivity index (χ1n) is 6.58. The summed E-state index contributed by atoms with van der Waals surface area (Å²) in [6.07, 6.45) is 0.609. The highest BCUT2D eigenvalue weighted by Gasteiger charge is 2.10. The molecule has 3 nitrogen and oxygen atoms in total. The fourth-order valence-electron chi connectivity index (χ4n) is 1.99. The van der Waals surface area contributed by atoms with Crippen LogP contribution in [0.5, 0.6) is 11.5 Å². The second kappa shape index (κ2) is 7.04. The maximum Gasteiger partial charge on any atom is 0.165 e. The second-order valence-electron chi connectivity index (χ2n) is 4.51. The average molecular weight is 293 g/mol. The standard InChI is InChI=1S/C16H17F2NO2/c1-20-13-5-6-15(11(9-13)7-8-19)21-10-12-3-2-4-14(17)16(12)18/h2-6,9H,7-8,10,19H2,1H3. The lowest BCUT2D eigenvalue weighted by Crippen LogP contribution is -2.06. The Morgan fingerprint density at radius 1 is 1.10 bits per heavy atom. The molecule has 0 saturated heterocycles. The Morgan fingerprint density at radius 2 is 1.90 bits per heavy atom. The van der Waals surface area contributed by atoms with Gasteiger partial charge in [-0.1, -0.05) is 12.1 Å². The molecule has 0 aromatic heterocycles. The van der Waals surface area contributed by atoms with Gasteiger partial charge in [0.1, 0.15) is 18.1 Å². The monoisotopic (exact) mass is 293 g/mol. The van der Waals surface area contributed by atoms with Crippen molar-refractivity contribution in [3.8, 4) is 11.5 Å². The normalized spacial score (nSPS) is 10.5. The van der Waals surface area contributed by atoms with Gasteiger partial charge in [-0.25, -0.2) is 8.78 Å². The molecular weight excluding hydrogens is 276 g/mol. The summed E-state index contributed by atoms with van der Waals surface area (Å²) in [4.78, 5) is 0. The van der Waals surface area contributed by atoms with Crippen molar-refractivity contribution in [2.75, 3.05) is 13.7 Å².